The molecule has 0 saturated heterocycles. The molecular weight excluding hydrogens is 351 g/mol. The van der Waals surface area contributed by atoms with Gasteiger partial charge in [-0.3, -0.25) is 4.79 Å². The zero-order valence-electron chi connectivity index (χ0n) is 13.0. The minimum atomic E-state index is -0.738. The van der Waals surface area contributed by atoms with Crippen molar-refractivity contribution in [2.24, 2.45) is 0 Å². The zero-order valence-corrected chi connectivity index (χ0v) is 14.5. The van der Waals surface area contributed by atoms with Crippen LogP contribution in [0.1, 0.15) is 12.8 Å². The topological polar surface area (TPSA) is 64.4 Å². The summed E-state index contributed by atoms with van der Waals surface area (Å²) in [4.78, 5) is 16.5. The SMILES string of the molecule is Cc1nc2cc(NC(=O)C(C)Oc3ccc(Cl)cc3Cl)ccc2o1. The molecule has 5 nitrogen and oxygen atoms in total. The van der Waals surface area contributed by atoms with Crippen LogP contribution in [0, 0.1) is 6.92 Å². The van der Waals surface area contributed by atoms with E-state index in [1.807, 2.05) is 0 Å². The molecule has 1 aromatic heterocycles. The lowest BCUT2D eigenvalue weighted by Crippen LogP contribution is -2.30. The number of hydrogen-bond acceptors (Lipinski definition) is 4. The van der Waals surface area contributed by atoms with Gasteiger partial charge in [0.05, 0.1) is 5.02 Å². The van der Waals surface area contributed by atoms with Gasteiger partial charge in [-0.25, -0.2) is 4.98 Å². The van der Waals surface area contributed by atoms with Crippen molar-refractivity contribution in [3.63, 3.8) is 0 Å². The molecule has 0 aliphatic rings. The van der Waals surface area contributed by atoms with E-state index < -0.39 is 6.10 Å². The van der Waals surface area contributed by atoms with Gasteiger partial charge in [0.1, 0.15) is 11.3 Å². The van der Waals surface area contributed by atoms with Crippen molar-refractivity contribution in [2.75, 3.05) is 5.32 Å². The predicted molar refractivity (Wildman–Crippen MR) is 93.9 cm³/mol. The largest absolute Gasteiger partial charge is 0.479 e. The molecule has 1 N–H and O–H groups in total. The smallest absolute Gasteiger partial charge is 0.265 e. The molecular formula is C17H14Cl2N2O3. The number of carbonyl (C=O) groups excluding carboxylic acids is 1. The number of carbonyl (C=O) groups is 1. The number of aryl methyl sites for hydroxylation is 1. The highest BCUT2D eigenvalue weighted by molar-refractivity contribution is 6.35. The fourth-order valence-electron chi connectivity index (χ4n) is 2.18. The molecule has 24 heavy (non-hydrogen) atoms. The number of fused-ring (bicyclic) bond motifs is 1. The first-order valence-electron chi connectivity index (χ1n) is 7.22. The third-order valence-electron chi connectivity index (χ3n) is 3.33. The van der Waals surface area contributed by atoms with Crippen LogP contribution < -0.4 is 10.1 Å². The Kier molecular flexibility index (Phi) is 4.64. The molecule has 124 valence electrons. The number of rotatable bonds is 4. The molecule has 2 aromatic carbocycles. The van der Waals surface area contributed by atoms with Crippen molar-refractivity contribution < 1.29 is 13.9 Å². The third-order valence-corrected chi connectivity index (χ3v) is 3.86. The van der Waals surface area contributed by atoms with Crippen LogP contribution in [0.3, 0.4) is 0 Å². The molecule has 3 rings (SSSR count). The van der Waals surface area contributed by atoms with E-state index in [1.165, 1.54) is 0 Å². The Morgan fingerprint density at radius 3 is 2.79 bits per heavy atom. The number of amides is 1. The summed E-state index contributed by atoms with van der Waals surface area (Å²) in [5.74, 6) is 0.662. The maximum absolute atomic E-state index is 12.3. The summed E-state index contributed by atoms with van der Waals surface area (Å²) in [6.45, 7) is 3.41. The number of aromatic nitrogens is 1. The second kappa shape index (κ2) is 6.71. The van der Waals surface area contributed by atoms with E-state index in [2.05, 4.69) is 10.3 Å². The minimum absolute atomic E-state index is 0.305. The van der Waals surface area contributed by atoms with Gasteiger partial charge in [0.15, 0.2) is 17.6 Å². The van der Waals surface area contributed by atoms with Crippen LogP contribution >= 0.6 is 23.2 Å². The van der Waals surface area contributed by atoms with E-state index in [4.69, 9.17) is 32.4 Å². The van der Waals surface area contributed by atoms with Crippen molar-refractivity contribution in [3.8, 4) is 5.75 Å². The molecule has 0 radical (unpaired) electrons. The van der Waals surface area contributed by atoms with Crippen LogP contribution in [-0.2, 0) is 4.79 Å². The second-order valence-electron chi connectivity index (χ2n) is 5.24. The Balaban J connectivity index is 1.70. The van der Waals surface area contributed by atoms with Gasteiger partial charge in [-0.15, -0.1) is 0 Å². The molecule has 0 saturated carbocycles. The van der Waals surface area contributed by atoms with Gasteiger partial charge < -0.3 is 14.5 Å². The maximum atomic E-state index is 12.3. The van der Waals surface area contributed by atoms with Crippen LogP contribution in [0.25, 0.3) is 11.1 Å². The summed E-state index contributed by atoms with van der Waals surface area (Å²) in [5, 5.41) is 3.63. The number of benzene rings is 2. The van der Waals surface area contributed by atoms with Gasteiger partial charge in [0.2, 0.25) is 0 Å². The van der Waals surface area contributed by atoms with Gasteiger partial charge in [-0.05, 0) is 43.3 Å². The van der Waals surface area contributed by atoms with Gasteiger partial charge in [-0.1, -0.05) is 23.2 Å². The number of anilines is 1. The summed E-state index contributed by atoms with van der Waals surface area (Å²) in [5.41, 5.74) is 1.96. The summed E-state index contributed by atoms with van der Waals surface area (Å²) < 4.78 is 11.0. The van der Waals surface area contributed by atoms with Crippen molar-refractivity contribution in [1.29, 1.82) is 0 Å². The fourth-order valence-corrected chi connectivity index (χ4v) is 2.63. The Hall–Kier alpha value is -2.24. The number of halogens is 2. The predicted octanol–water partition coefficient (Wildman–Crippen LogP) is 4.85. The molecule has 1 amide bonds. The number of nitrogens with zero attached hydrogens (tertiary/aromatic N) is 1. The van der Waals surface area contributed by atoms with Crippen LogP contribution in [-0.4, -0.2) is 17.0 Å². The van der Waals surface area contributed by atoms with Crippen molar-refractivity contribution in [3.05, 3.63) is 52.3 Å². The van der Waals surface area contributed by atoms with Crippen LogP contribution in [0.5, 0.6) is 5.75 Å². The van der Waals surface area contributed by atoms with Crippen LogP contribution in [0.4, 0.5) is 5.69 Å². The number of nitrogens with one attached hydrogen (secondary N) is 1. The Morgan fingerprint density at radius 2 is 2.04 bits per heavy atom. The molecule has 1 unspecified atom stereocenters. The van der Waals surface area contributed by atoms with Crippen LogP contribution in [0.15, 0.2) is 40.8 Å². The van der Waals surface area contributed by atoms with Gasteiger partial charge in [-0.2, -0.15) is 0 Å². The van der Waals surface area contributed by atoms with E-state index in [1.54, 1.807) is 50.2 Å². The van der Waals surface area contributed by atoms with Crippen molar-refractivity contribution >= 4 is 45.9 Å². The standard InChI is InChI=1S/C17H14Cl2N2O3/c1-9(23-15-5-3-11(18)7-13(15)19)17(22)21-12-4-6-16-14(8-12)20-10(2)24-16/h3-9H,1-2H3,(H,21,22). The fraction of sp³-hybridized carbons (Fsp3) is 0.176. The van der Waals surface area contributed by atoms with Gasteiger partial charge in [0, 0.05) is 17.6 Å². The average molecular weight is 365 g/mol. The Labute approximate surface area is 148 Å². The number of hydrogen-bond donors (Lipinski definition) is 1. The number of oxazole rings is 1. The highest BCUT2D eigenvalue weighted by Crippen LogP contribution is 2.28. The first kappa shape index (κ1) is 16.6. The van der Waals surface area contributed by atoms with Crippen LogP contribution in [0.2, 0.25) is 10.0 Å². The van der Waals surface area contributed by atoms with E-state index in [0.717, 1.165) is 0 Å². The van der Waals surface area contributed by atoms with Gasteiger partial charge >= 0.3 is 0 Å². The molecule has 7 heteroatoms. The molecule has 0 aliphatic heterocycles. The Morgan fingerprint density at radius 1 is 1.25 bits per heavy atom. The number of ether oxygens (including phenoxy) is 1. The lowest BCUT2D eigenvalue weighted by atomic mass is 10.2. The normalized spacial score (nSPS) is 12.2. The maximum Gasteiger partial charge on any atom is 0.265 e. The lowest BCUT2D eigenvalue weighted by Gasteiger charge is -2.15. The van der Waals surface area contributed by atoms with E-state index >= 15 is 0 Å². The molecule has 3 aromatic rings. The van der Waals surface area contributed by atoms with E-state index in [0.29, 0.717) is 38.5 Å². The summed E-state index contributed by atoms with van der Waals surface area (Å²) in [7, 11) is 0. The highest BCUT2D eigenvalue weighted by Gasteiger charge is 2.17. The first-order valence-corrected chi connectivity index (χ1v) is 7.98. The second-order valence-corrected chi connectivity index (χ2v) is 6.08. The highest BCUT2D eigenvalue weighted by atomic mass is 35.5. The summed E-state index contributed by atoms with van der Waals surface area (Å²) in [6, 6.07) is 10.1. The molecule has 0 bridgehead atoms. The molecule has 0 aliphatic carbocycles. The van der Waals surface area contributed by atoms with E-state index in [-0.39, 0.29) is 5.91 Å². The molecule has 0 spiro atoms. The summed E-state index contributed by atoms with van der Waals surface area (Å²) >= 11 is 11.9. The monoisotopic (exact) mass is 364 g/mol. The third kappa shape index (κ3) is 3.63. The Bertz CT molecular complexity index is 908. The summed E-state index contributed by atoms with van der Waals surface area (Å²) in [6.07, 6.45) is -0.738. The quantitative estimate of drug-likeness (QED) is 0.718. The van der Waals surface area contributed by atoms with E-state index in [9.17, 15) is 4.79 Å². The lowest BCUT2D eigenvalue weighted by molar-refractivity contribution is -0.122. The molecule has 1 atom stereocenters. The zero-order chi connectivity index (χ0) is 17.3. The van der Waals surface area contributed by atoms with Crippen molar-refractivity contribution in [2.45, 2.75) is 20.0 Å². The first-order chi connectivity index (χ1) is 11.4. The minimum Gasteiger partial charge on any atom is -0.479 e. The molecule has 0 fully saturated rings. The average Bonchev–Trinajstić information content (AvgIpc) is 2.89. The molecule has 1 heterocycles. The van der Waals surface area contributed by atoms with Crippen molar-refractivity contribution in [1.82, 2.24) is 4.98 Å². The van der Waals surface area contributed by atoms with Gasteiger partial charge in [0.25, 0.3) is 5.91 Å².